The van der Waals surface area contributed by atoms with Crippen LogP contribution in [0, 0.1) is 0 Å². The van der Waals surface area contributed by atoms with E-state index >= 15 is 0 Å². The maximum Gasteiger partial charge on any atom is 0.271 e. The molecule has 0 saturated carbocycles. The Bertz CT molecular complexity index is 2040. The number of para-hydroxylation sites is 1. The summed E-state index contributed by atoms with van der Waals surface area (Å²) in [5.74, 6) is 2.00. The van der Waals surface area contributed by atoms with Gasteiger partial charge in [0, 0.05) is 11.1 Å². The number of benzene rings is 4. The molecule has 0 saturated heterocycles. The summed E-state index contributed by atoms with van der Waals surface area (Å²) < 4.78 is 19.8. The Morgan fingerprint density at radius 1 is 0.860 bits per heavy atom. The lowest BCUT2D eigenvalue weighted by atomic mass is 9.83. The number of hydrogen-bond donors (Lipinski definition) is 0. The average Bonchev–Trinajstić information content (AvgIpc) is 3.37. The van der Waals surface area contributed by atoms with Gasteiger partial charge in [0.1, 0.15) is 12.4 Å². The van der Waals surface area contributed by atoms with Crippen molar-refractivity contribution in [1.82, 2.24) is 4.57 Å². The standard InChI is InChI=1S/C36H30N2O4S/c1-40-30-19-17-26(20-31(30)41-2)34-28-18-16-24-12-6-8-14-27(24)33(28)37-36-38(34)35(39)32(43-36)21-25-13-7-9-15-29(25)42-22-23-10-4-3-5-11-23/h3-15,17,19-21,34H,16,18,22H2,1-2H3/b32-21-/t34-/m0/s1. The van der Waals surface area contributed by atoms with Crippen molar-refractivity contribution in [2.45, 2.75) is 25.5 Å². The van der Waals surface area contributed by atoms with Crippen molar-refractivity contribution < 1.29 is 14.2 Å². The van der Waals surface area contributed by atoms with Gasteiger partial charge < -0.3 is 14.2 Å². The number of nitrogens with zero attached hydrogens (tertiary/aromatic N) is 2. The van der Waals surface area contributed by atoms with Crippen molar-refractivity contribution >= 4 is 23.1 Å². The molecule has 2 aliphatic rings. The molecule has 0 bridgehead atoms. The Balaban J connectivity index is 1.38. The molecule has 0 amide bonds. The van der Waals surface area contributed by atoms with E-state index in [4.69, 9.17) is 19.2 Å². The summed E-state index contributed by atoms with van der Waals surface area (Å²) >= 11 is 1.41. The van der Waals surface area contributed by atoms with E-state index < -0.39 is 0 Å². The Morgan fingerprint density at radius 3 is 2.47 bits per heavy atom. The first kappa shape index (κ1) is 27.0. The van der Waals surface area contributed by atoms with Crippen LogP contribution >= 0.6 is 11.3 Å². The molecule has 214 valence electrons. The summed E-state index contributed by atoms with van der Waals surface area (Å²) in [6.07, 6.45) is 3.63. The zero-order valence-corrected chi connectivity index (χ0v) is 24.8. The summed E-state index contributed by atoms with van der Waals surface area (Å²) in [4.78, 5) is 20.1. The first-order valence-electron chi connectivity index (χ1n) is 14.3. The number of allylic oxidation sites excluding steroid dienone is 1. The lowest BCUT2D eigenvalue weighted by Gasteiger charge is -2.31. The number of methoxy groups -OCH3 is 2. The van der Waals surface area contributed by atoms with Gasteiger partial charge >= 0.3 is 0 Å². The molecule has 1 aliphatic heterocycles. The van der Waals surface area contributed by atoms with Gasteiger partial charge in [-0.3, -0.25) is 9.36 Å². The van der Waals surface area contributed by atoms with Crippen LogP contribution in [0.4, 0.5) is 0 Å². The molecular weight excluding hydrogens is 556 g/mol. The topological polar surface area (TPSA) is 62.0 Å². The van der Waals surface area contributed by atoms with Crippen LogP contribution in [0.25, 0.3) is 11.8 Å². The van der Waals surface area contributed by atoms with Crippen molar-refractivity contribution in [1.29, 1.82) is 0 Å². The summed E-state index contributed by atoms with van der Waals surface area (Å²) in [5, 5.41) is 0. The average molecular weight is 587 g/mol. The number of thiazole rings is 1. The number of fused-ring (bicyclic) bond motifs is 3. The van der Waals surface area contributed by atoms with E-state index in [9.17, 15) is 4.79 Å². The van der Waals surface area contributed by atoms with Crippen LogP contribution in [-0.4, -0.2) is 18.8 Å². The van der Waals surface area contributed by atoms with Crippen LogP contribution in [0.2, 0.25) is 0 Å². The molecule has 7 heteroatoms. The van der Waals surface area contributed by atoms with Gasteiger partial charge in [0.15, 0.2) is 16.3 Å². The number of aromatic nitrogens is 1. The molecule has 7 rings (SSSR count). The van der Waals surface area contributed by atoms with Crippen LogP contribution in [0.3, 0.4) is 0 Å². The molecule has 1 aromatic heterocycles. The van der Waals surface area contributed by atoms with Crippen LogP contribution < -0.4 is 29.1 Å². The zero-order valence-electron chi connectivity index (χ0n) is 23.9. The monoisotopic (exact) mass is 586 g/mol. The van der Waals surface area contributed by atoms with E-state index in [0.717, 1.165) is 52.1 Å². The fourth-order valence-corrected chi connectivity index (χ4v) is 6.94. The molecule has 1 aliphatic carbocycles. The predicted molar refractivity (Wildman–Crippen MR) is 170 cm³/mol. The minimum Gasteiger partial charge on any atom is -0.493 e. The summed E-state index contributed by atoms with van der Waals surface area (Å²) in [6, 6.07) is 31.9. The van der Waals surface area contributed by atoms with Crippen LogP contribution in [0.15, 0.2) is 112 Å². The molecule has 0 spiro atoms. The highest BCUT2D eigenvalue weighted by Crippen LogP contribution is 2.42. The van der Waals surface area contributed by atoms with Gasteiger partial charge in [-0.25, -0.2) is 4.99 Å². The Morgan fingerprint density at radius 2 is 1.63 bits per heavy atom. The van der Waals surface area contributed by atoms with Crippen molar-refractivity contribution in [3.8, 4) is 17.2 Å². The second kappa shape index (κ2) is 11.4. The van der Waals surface area contributed by atoms with Crippen molar-refractivity contribution in [2.24, 2.45) is 4.99 Å². The first-order chi connectivity index (χ1) is 21.1. The van der Waals surface area contributed by atoms with Crippen molar-refractivity contribution in [2.75, 3.05) is 14.2 Å². The maximum absolute atomic E-state index is 14.3. The minimum atomic E-state index is -0.314. The Labute approximate surface area is 253 Å². The fraction of sp³-hybridized carbons (Fsp3) is 0.167. The highest BCUT2D eigenvalue weighted by Gasteiger charge is 2.33. The quantitative estimate of drug-likeness (QED) is 0.238. The summed E-state index contributed by atoms with van der Waals surface area (Å²) in [7, 11) is 3.26. The van der Waals surface area contributed by atoms with Gasteiger partial charge in [0.2, 0.25) is 0 Å². The highest BCUT2D eigenvalue weighted by atomic mass is 32.1. The molecule has 0 N–H and O–H groups in total. The molecule has 2 heterocycles. The van der Waals surface area contributed by atoms with E-state index in [1.54, 1.807) is 14.2 Å². The molecule has 5 aromatic rings. The van der Waals surface area contributed by atoms with Crippen molar-refractivity contribution in [3.63, 3.8) is 0 Å². The van der Waals surface area contributed by atoms with Crippen LogP contribution in [0.5, 0.6) is 17.2 Å². The van der Waals surface area contributed by atoms with Gasteiger partial charge in [-0.15, -0.1) is 0 Å². The summed E-state index contributed by atoms with van der Waals surface area (Å²) in [6.45, 7) is 0.443. The largest absolute Gasteiger partial charge is 0.493 e. The van der Waals surface area contributed by atoms with Crippen LogP contribution in [-0.2, 0) is 13.0 Å². The number of hydrogen-bond acceptors (Lipinski definition) is 6. The van der Waals surface area contributed by atoms with Crippen LogP contribution in [0.1, 0.15) is 40.3 Å². The number of rotatable bonds is 7. The van der Waals surface area contributed by atoms with E-state index in [-0.39, 0.29) is 11.6 Å². The van der Waals surface area contributed by atoms with E-state index in [0.29, 0.717) is 27.4 Å². The minimum absolute atomic E-state index is 0.0770. The van der Waals surface area contributed by atoms with E-state index in [2.05, 4.69) is 24.3 Å². The Hall–Kier alpha value is -4.88. The molecule has 4 aromatic carbocycles. The smallest absolute Gasteiger partial charge is 0.271 e. The van der Waals surface area contributed by atoms with Gasteiger partial charge in [0.25, 0.3) is 5.56 Å². The highest BCUT2D eigenvalue weighted by molar-refractivity contribution is 7.07. The van der Waals surface area contributed by atoms with Gasteiger partial charge in [-0.05, 0) is 59.4 Å². The number of ether oxygens (including phenoxy) is 3. The van der Waals surface area contributed by atoms with Gasteiger partial charge in [-0.2, -0.15) is 0 Å². The first-order valence-corrected chi connectivity index (χ1v) is 15.1. The molecule has 1 atom stereocenters. The van der Waals surface area contributed by atoms with Gasteiger partial charge in [-0.1, -0.05) is 90.2 Å². The predicted octanol–water partition coefficient (Wildman–Crippen LogP) is 5.91. The molecule has 0 fully saturated rings. The maximum atomic E-state index is 14.3. The third-order valence-electron chi connectivity index (χ3n) is 8.04. The summed E-state index contributed by atoms with van der Waals surface area (Å²) in [5.41, 5.74) is 7.31. The molecule has 6 nitrogen and oxygen atoms in total. The van der Waals surface area contributed by atoms with E-state index in [1.165, 1.54) is 16.9 Å². The Kier molecular flexibility index (Phi) is 7.17. The van der Waals surface area contributed by atoms with Crippen molar-refractivity contribution in [3.05, 3.63) is 150 Å². The second-order valence-corrected chi connectivity index (χ2v) is 11.5. The fourth-order valence-electron chi connectivity index (χ4n) is 5.95. The van der Waals surface area contributed by atoms with Gasteiger partial charge in [0.05, 0.1) is 30.5 Å². The zero-order chi connectivity index (χ0) is 29.3. The third-order valence-corrected chi connectivity index (χ3v) is 9.02. The lowest BCUT2D eigenvalue weighted by molar-refractivity contribution is 0.305. The third kappa shape index (κ3) is 4.96. The SMILES string of the molecule is COc1ccc([C@H]2C3=C(N=c4s/c(=C\c5ccccc5OCc5ccccc5)c(=O)n42)c2ccccc2CC3)cc1OC. The molecular formula is C36H30N2O4S. The second-order valence-electron chi connectivity index (χ2n) is 10.5. The molecule has 43 heavy (non-hydrogen) atoms. The molecule has 0 radical (unpaired) electrons. The van der Waals surface area contributed by atoms with E-state index in [1.807, 2.05) is 83.4 Å². The molecule has 0 unspecified atom stereocenters. The number of aryl methyl sites for hydroxylation is 1. The normalized spacial score (nSPS) is 15.7. The lowest BCUT2D eigenvalue weighted by Crippen LogP contribution is -2.38.